The van der Waals surface area contributed by atoms with Crippen molar-refractivity contribution in [1.29, 1.82) is 0 Å². The molecule has 5 nitrogen and oxygen atoms in total. The molecule has 0 radical (unpaired) electrons. The summed E-state index contributed by atoms with van der Waals surface area (Å²) < 4.78 is 0. The molecule has 0 aliphatic carbocycles. The van der Waals surface area contributed by atoms with Crippen LogP contribution in [0.4, 0.5) is 11.4 Å². The van der Waals surface area contributed by atoms with E-state index in [0.29, 0.717) is 18.0 Å². The van der Waals surface area contributed by atoms with Crippen molar-refractivity contribution in [3.8, 4) is 0 Å². The molecule has 1 atom stereocenters. The first-order chi connectivity index (χ1) is 9.17. The Balaban J connectivity index is 1.71. The van der Waals surface area contributed by atoms with Crippen molar-refractivity contribution in [2.24, 2.45) is 5.92 Å². The van der Waals surface area contributed by atoms with Gasteiger partial charge in [0.25, 0.3) is 0 Å². The molecule has 1 aliphatic heterocycles. The second-order valence-corrected chi connectivity index (χ2v) is 5.06. The number of hydrogen-bond donors (Lipinski definition) is 3. The number of carbonyl (C=O) groups excluding carboxylic acids is 1. The van der Waals surface area contributed by atoms with Crippen LogP contribution in [0.1, 0.15) is 12.8 Å². The molecule has 1 aromatic rings. The first-order valence-corrected chi connectivity index (χ1v) is 6.66. The number of anilines is 2. The monoisotopic (exact) mass is 263 g/mol. The van der Waals surface area contributed by atoms with Crippen LogP contribution in [0.5, 0.6) is 0 Å². The Morgan fingerprint density at radius 2 is 2.16 bits per heavy atom. The van der Waals surface area contributed by atoms with Gasteiger partial charge < -0.3 is 21.1 Å². The maximum Gasteiger partial charge on any atom is 0.225 e. The van der Waals surface area contributed by atoms with Crippen molar-refractivity contribution in [3.63, 3.8) is 0 Å². The van der Waals surface area contributed by atoms with E-state index in [9.17, 15) is 4.79 Å². The van der Waals surface area contributed by atoms with Gasteiger partial charge in [-0.1, -0.05) is 0 Å². The van der Waals surface area contributed by atoms with Gasteiger partial charge in [0.15, 0.2) is 0 Å². The Hall–Kier alpha value is -1.59. The lowest BCUT2D eigenvalue weighted by atomic mass is 10.1. The van der Waals surface area contributed by atoms with E-state index in [0.717, 1.165) is 31.7 Å². The van der Waals surface area contributed by atoms with Crippen LogP contribution in [-0.4, -0.2) is 42.2 Å². The summed E-state index contributed by atoms with van der Waals surface area (Å²) in [7, 11) is 0. The fraction of sp³-hybridized carbons (Fsp3) is 0.500. The third-order valence-corrected chi connectivity index (χ3v) is 3.48. The number of benzene rings is 1. The van der Waals surface area contributed by atoms with Gasteiger partial charge in [0.1, 0.15) is 0 Å². The number of amides is 1. The summed E-state index contributed by atoms with van der Waals surface area (Å²) in [6.45, 7) is 2.86. The van der Waals surface area contributed by atoms with Crippen molar-refractivity contribution in [1.82, 2.24) is 4.90 Å². The summed E-state index contributed by atoms with van der Waals surface area (Å²) in [4.78, 5) is 14.0. The number of rotatable bonds is 5. The number of nitrogens with zero attached hydrogens (tertiary/aromatic N) is 1. The minimum atomic E-state index is 0.0113. The zero-order chi connectivity index (χ0) is 13.7. The Labute approximate surface area is 113 Å². The zero-order valence-corrected chi connectivity index (χ0v) is 11.0. The lowest BCUT2D eigenvalue weighted by molar-refractivity contribution is -0.116. The summed E-state index contributed by atoms with van der Waals surface area (Å²) >= 11 is 0. The Morgan fingerprint density at radius 3 is 2.79 bits per heavy atom. The number of nitrogens with two attached hydrogens (primary N) is 1. The van der Waals surface area contributed by atoms with Crippen molar-refractivity contribution in [2.75, 3.05) is 37.3 Å². The molecule has 0 aromatic heterocycles. The quantitative estimate of drug-likeness (QED) is 0.690. The van der Waals surface area contributed by atoms with E-state index in [1.807, 2.05) is 0 Å². The highest BCUT2D eigenvalue weighted by molar-refractivity contribution is 5.90. The third kappa shape index (κ3) is 4.22. The molecule has 0 saturated carbocycles. The predicted molar refractivity (Wildman–Crippen MR) is 75.7 cm³/mol. The largest absolute Gasteiger partial charge is 0.399 e. The summed E-state index contributed by atoms with van der Waals surface area (Å²) in [6, 6.07) is 7.12. The average molecular weight is 263 g/mol. The van der Waals surface area contributed by atoms with Crippen LogP contribution in [0.2, 0.25) is 0 Å². The van der Waals surface area contributed by atoms with Gasteiger partial charge in [0.2, 0.25) is 5.91 Å². The summed E-state index contributed by atoms with van der Waals surface area (Å²) in [6.07, 6.45) is 1.50. The van der Waals surface area contributed by atoms with E-state index in [4.69, 9.17) is 10.8 Å². The van der Waals surface area contributed by atoms with Crippen LogP contribution in [0, 0.1) is 5.92 Å². The molecule has 2 rings (SSSR count). The molecular formula is C14H21N3O2. The van der Waals surface area contributed by atoms with Crippen LogP contribution in [0.15, 0.2) is 24.3 Å². The van der Waals surface area contributed by atoms with Crippen LogP contribution < -0.4 is 11.1 Å². The molecule has 0 spiro atoms. The molecule has 1 unspecified atom stereocenters. The van der Waals surface area contributed by atoms with Crippen molar-refractivity contribution < 1.29 is 9.90 Å². The molecule has 0 bridgehead atoms. The van der Waals surface area contributed by atoms with Crippen LogP contribution in [0.25, 0.3) is 0 Å². The van der Waals surface area contributed by atoms with Crippen LogP contribution in [-0.2, 0) is 4.79 Å². The van der Waals surface area contributed by atoms with Gasteiger partial charge >= 0.3 is 0 Å². The molecule has 5 heteroatoms. The number of nitrogen functional groups attached to an aromatic ring is 1. The minimum Gasteiger partial charge on any atom is -0.399 e. The molecule has 1 heterocycles. The minimum absolute atomic E-state index is 0.0113. The normalized spacial score (nSPS) is 19.5. The standard InChI is InChI=1S/C14H21N3O2/c15-12-1-3-13(4-2-12)16-14(19)6-8-17-7-5-11(9-17)10-18/h1-4,11,18H,5-10,15H2,(H,16,19). The van der Waals surface area contributed by atoms with E-state index in [1.165, 1.54) is 0 Å². The number of nitrogens with one attached hydrogen (secondary N) is 1. The summed E-state index contributed by atoms with van der Waals surface area (Å²) in [5.41, 5.74) is 7.04. The molecule has 1 saturated heterocycles. The zero-order valence-electron chi connectivity index (χ0n) is 11.0. The van der Waals surface area contributed by atoms with Gasteiger partial charge in [-0.3, -0.25) is 4.79 Å². The lowest BCUT2D eigenvalue weighted by Crippen LogP contribution is -2.26. The van der Waals surface area contributed by atoms with Crippen LogP contribution in [0.3, 0.4) is 0 Å². The predicted octanol–water partition coefficient (Wildman–Crippen LogP) is 0.912. The van der Waals surface area contributed by atoms with Gasteiger partial charge in [-0.25, -0.2) is 0 Å². The van der Waals surface area contributed by atoms with Gasteiger partial charge in [-0.15, -0.1) is 0 Å². The lowest BCUT2D eigenvalue weighted by Gasteiger charge is -2.15. The number of aliphatic hydroxyl groups excluding tert-OH is 1. The molecular weight excluding hydrogens is 242 g/mol. The number of hydrogen-bond acceptors (Lipinski definition) is 4. The number of aliphatic hydroxyl groups is 1. The maximum absolute atomic E-state index is 11.8. The first-order valence-electron chi connectivity index (χ1n) is 6.66. The fourth-order valence-electron chi connectivity index (χ4n) is 2.31. The van der Waals surface area contributed by atoms with Gasteiger partial charge in [-0.2, -0.15) is 0 Å². The fourth-order valence-corrected chi connectivity index (χ4v) is 2.31. The molecule has 1 aliphatic rings. The maximum atomic E-state index is 11.8. The smallest absolute Gasteiger partial charge is 0.225 e. The average Bonchev–Trinajstić information content (AvgIpc) is 2.87. The third-order valence-electron chi connectivity index (χ3n) is 3.48. The molecule has 4 N–H and O–H groups in total. The molecule has 1 fully saturated rings. The number of likely N-dealkylation sites (tertiary alicyclic amines) is 1. The van der Waals surface area contributed by atoms with Crippen molar-refractivity contribution >= 4 is 17.3 Å². The molecule has 1 aromatic carbocycles. The van der Waals surface area contributed by atoms with Crippen LogP contribution >= 0.6 is 0 Å². The highest BCUT2D eigenvalue weighted by Gasteiger charge is 2.21. The Morgan fingerprint density at radius 1 is 1.42 bits per heavy atom. The molecule has 19 heavy (non-hydrogen) atoms. The SMILES string of the molecule is Nc1ccc(NC(=O)CCN2CCC(CO)C2)cc1. The first kappa shape index (κ1) is 13.8. The molecule has 1 amide bonds. The highest BCUT2D eigenvalue weighted by Crippen LogP contribution is 2.16. The van der Waals surface area contributed by atoms with Gasteiger partial charge in [0.05, 0.1) is 0 Å². The van der Waals surface area contributed by atoms with Gasteiger partial charge in [-0.05, 0) is 43.1 Å². The molecule has 104 valence electrons. The van der Waals surface area contributed by atoms with E-state index in [-0.39, 0.29) is 12.5 Å². The van der Waals surface area contributed by atoms with Crippen molar-refractivity contribution in [2.45, 2.75) is 12.8 Å². The van der Waals surface area contributed by atoms with E-state index < -0.39 is 0 Å². The Kier molecular flexibility index (Phi) is 4.76. The summed E-state index contributed by atoms with van der Waals surface area (Å²) in [5.74, 6) is 0.386. The number of carbonyl (C=O) groups is 1. The summed E-state index contributed by atoms with van der Waals surface area (Å²) in [5, 5.41) is 11.9. The van der Waals surface area contributed by atoms with E-state index in [1.54, 1.807) is 24.3 Å². The Bertz CT molecular complexity index is 419. The van der Waals surface area contributed by atoms with E-state index >= 15 is 0 Å². The second kappa shape index (κ2) is 6.54. The topological polar surface area (TPSA) is 78.6 Å². The van der Waals surface area contributed by atoms with E-state index in [2.05, 4.69) is 10.2 Å². The highest BCUT2D eigenvalue weighted by atomic mass is 16.3. The van der Waals surface area contributed by atoms with Gasteiger partial charge in [0, 0.05) is 37.5 Å². The van der Waals surface area contributed by atoms with Crippen molar-refractivity contribution in [3.05, 3.63) is 24.3 Å². The second-order valence-electron chi connectivity index (χ2n) is 5.06.